The van der Waals surface area contributed by atoms with E-state index in [1.165, 1.54) is 11.1 Å². The lowest BCUT2D eigenvalue weighted by Crippen LogP contribution is -2.01. The molecule has 15 heavy (non-hydrogen) atoms. The highest BCUT2D eigenvalue weighted by atomic mass is 14.9. The number of nitrogens with two attached hydrogens (primary N) is 1. The largest absolute Gasteiger partial charge is 0.397 e. The quantitative estimate of drug-likeness (QED) is 0.668. The van der Waals surface area contributed by atoms with Crippen LogP contribution in [0.15, 0.2) is 36.7 Å². The summed E-state index contributed by atoms with van der Waals surface area (Å²) in [7, 11) is 0. The molecule has 2 aromatic rings. The first-order valence-corrected chi connectivity index (χ1v) is 4.97. The number of benzene rings is 1. The van der Waals surface area contributed by atoms with Crippen molar-refractivity contribution in [2.45, 2.75) is 13.5 Å². The van der Waals surface area contributed by atoms with Crippen molar-refractivity contribution < 1.29 is 0 Å². The maximum absolute atomic E-state index is 5.86. The predicted octanol–water partition coefficient (Wildman–Crippen LogP) is 2.52. The number of aryl methyl sites for hydroxylation is 1. The highest BCUT2D eigenvalue weighted by Gasteiger charge is 1.99. The van der Waals surface area contributed by atoms with Crippen molar-refractivity contribution in [2.24, 2.45) is 0 Å². The summed E-state index contributed by atoms with van der Waals surface area (Å²) < 4.78 is 0. The third-order valence-electron chi connectivity index (χ3n) is 2.35. The number of hydrogen-bond donors (Lipinski definition) is 3. The summed E-state index contributed by atoms with van der Waals surface area (Å²) in [5.41, 5.74) is 10.1. The van der Waals surface area contributed by atoms with Gasteiger partial charge in [0.05, 0.1) is 11.4 Å². The molecule has 78 valence electrons. The third kappa shape index (κ3) is 2.31. The van der Waals surface area contributed by atoms with Crippen molar-refractivity contribution in [3.8, 4) is 0 Å². The number of rotatable bonds is 3. The van der Waals surface area contributed by atoms with Gasteiger partial charge in [0.1, 0.15) is 0 Å². The fraction of sp³-hybridized carbons (Fsp3) is 0.167. The highest BCUT2D eigenvalue weighted by Crippen LogP contribution is 2.20. The number of aromatic amines is 1. The van der Waals surface area contributed by atoms with Crippen LogP contribution in [-0.4, -0.2) is 4.98 Å². The fourth-order valence-corrected chi connectivity index (χ4v) is 1.49. The molecule has 4 N–H and O–H groups in total. The summed E-state index contributed by atoms with van der Waals surface area (Å²) in [6, 6.07) is 8.03. The first-order valence-electron chi connectivity index (χ1n) is 4.97. The van der Waals surface area contributed by atoms with Gasteiger partial charge in [0.15, 0.2) is 0 Å². The Morgan fingerprint density at radius 1 is 1.33 bits per heavy atom. The molecule has 2 rings (SSSR count). The standard InChI is InChI=1S/C12H15N3/c1-9-2-3-11(13)12(6-9)15-8-10-4-5-14-7-10/h2-7,14-15H,8,13H2,1H3. The molecule has 0 aliphatic heterocycles. The average molecular weight is 201 g/mol. The average Bonchev–Trinajstić information content (AvgIpc) is 2.72. The van der Waals surface area contributed by atoms with Crippen LogP contribution in [0.2, 0.25) is 0 Å². The van der Waals surface area contributed by atoms with Gasteiger partial charge < -0.3 is 16.0 Å². The van der Waals surface area contributed by atoms with Gasteiger partial charge in [-0.2, -0.15) is 0 Å². The van der Waals surface area contributed by atoms with E-state index in [2.05, 4.69) is 23.3 Å². The van der Waals surface area contributed by atoms with Gasteiger partial charge in [-0.15, -0.1) is 0 Å². The Labute approximate surface area is 89.3 Å². The summed E-state index contributed by atoms with van der Waals surface area (Å²) in [6.45, 7) is 2.85. The van der Waals surface area contributed by atoms with E-state index in [4.69, 9.17) is 5.73 Å². The van der Waals surface area contributed by atoms with Gasteiger partial charge in [-0.25, -0.2) is 0 Å². The summed E-state index contributed by atoms with van der Waals surface area (Å²) >= 11 is 0. The van der Waals surface area contributed by atoms with E-state index in [9.17, 15) is 0 Å². The Kier molecular flexibility index (Phi) is 2.63. The van der Waals surface area contributed by atoms with Gasteiger partial charge in [0.2, 0.25) is 0 Å². The van der Waals surface area contributed by atoms with E-state index in [1.54, 1.807) is 0 Å². The van der Waals surface area contributed by atoms with Crippen LogP contribution in [0.5, 0.6) is 0 Å². The van der Waals surface area contributed by atoms with Gasteiger partial charge in [0, 0.05) is 18.9 Å². The van der Waals surface area contributed by atoms with Crippen LogP contribution in [0.4, 0.5) is 11.4 Å². The van der Waals surface area contributed by atoms with Crippen LogP contribution in [0, 0.1) is 6.92 Å². The molecule has 0 saturated heterocycles. The second-order valence-corrected chi connectivity index (χ2v) is 3.66. The van der Waals surface area contributed by atoms with Crippen LogP contribution >= 0.6 is 0 Å². The van der Waals surface area contributed by atoms with Crippen LogP contribution in [0.3, 0.4) is 0 Å². The van der Waals surface area contributed by atoms with Crippen LogP contribution in [-0.2, 0) is 6.54 Å². The molecule has 0 spiro atoms. The number of nitrogens with one attached hydrogen (secondary N) is 2. The monoisotopic (exact) mass is 201 g/mol. The molecule has 3 heteroatoms. The summed E-state index contributed by atoms with van der Waals surface area (Å²) in [6.07, 6.45) is 3.88. The van der Waals surface area contributed by atoms with Crippen molar-refractivity contribution in [1.82, 2.24) is 4.98 Å². The SMILES string of the molecule is Cc1ccc(N)c(NCc2cc[nH]c2)c1. The lowest BCUT2D eigenvalue weighted by atomic mass is 10.2. The molecule has 0 bridgehead atoms. The zero-order valence-electron chi connectivity index (χ0n) is 8.75. The maximum atomic E-state index is 5.86. The second-order valence-electron chi connectivity index (χ2n) is 3.66. The molecule has 0 aliphatic carbocycles. The Morgan fingerprint density at radius 3 is 2.93 bits per heavy atom. The van der Waals surface area contributed by atoms with Crippen molar-refractivity contribution in [3.63, 3.8) is 0 Å². The van der Waals surface area contributed by atoms with Crippen LogP contribution < -0.4 is 11.1 Å². The third-order valence-corrected chi connectivity index (χ3v) is 2.35. The molecule has 1 heterocycles. The van der Waals surface area contributed by atoms with Crippen LogP contribution in [0.1, 0.15) is 11.1 Å². The van der Waals surface area contributed by atoms with Gasteiger partial charge in [-0.1, -0.05) is 6.07 Å². The molecule has 0 radical (unpaired) electrons. The molecule has 0 fully saturated rings. The Morgan fingerprint density at radius 2 is 2.20 bits per heavy atom. The minimum atomic E-state index is 0.788. The Balaban J connectivity index is 2.07. The summed E-state index contributed by atoms with van der Waals surface area (Å²) in [5.74, 6) is 0. The number of hydrogen-bond acceptors (Lipinski definition) is 2. The van der Waals surface area contributed by atoms with E-state index in [0.29, 0.717) is 0 Å². The molecule has 1 aromatic carbocycles. The number of nitrogen functional groups attached to an aromatic ring is 1. The van der Waals surface area contributed by atoms with Gasteiger partial charge in [-0.05, 0) is 36.2 Å². The van der Waals surface area contributed by atoms with Crippen molar-refractivity contribution in [3.05, 3.63) is 47.8 Å². The number of H-pyrrole nitrogens is 1. The zero-order chi connectivity index (χ0) is 10.7. The molecule has 3 nitrogen and oxygen atoms in total. The smallest absolute Gasteiger partial charge is 0.0579 e. The van der Waals surface area contributed by atoms with E-state index >= 15 is 0 Å². The highest BCUT2D eigenvalue weighted by molar-refractivity contribution is 5.66. The van der Waals surface area contributed by atoms with Gasteiger partial charge in [-0.3, -0.25) is 0 Å². The van der Waals surface area contributed by atoms with Crippen LogP contribution in [0.25, 0.3) is 0 Å². The molecule has 1 aromatic heterocycles. The minimum Gasteiger partial charge on any atom is -0.397 e. The van der Waals surface area contributed by atoms with Crippen molar-refractivity contribution >= 4 is 11.4 Å². The zero-order valence-corrected chi connectivity index (χ0v) is 8.75. The normalized spacial score (nSPS) is 10.2. The van der Waals surface area contributed by atoms with Crippen molar-refractivity contribution in [2.75, 3.05) is 11.1 Å². The molecule has 0 saturated carbocycles. The summed E-state index contributed by atoms with van der Waals surface area (Å²) in [5, 5.41) is 3.31. The molecule has 0 atom stereocenters. The van der Waals surface area contributed by atoms with E-state index in [0.717, 1.165) is 17.9 Å². The number of anilines is 2. The lowest BCUT2D eigenvalue weighted by molar-refractivity contribution is 1.15. The molecule has 0 amide bonds. The van der Waals surface area contributed by atoms with E-state index in [1.807, 2.05) is 30.6 Å². The second kappa shape index (κ2) is 4.09. The predicted molar refractivity (Wildman–Crippen MR) is 63.7 cm³/mol. The van der Waals surface area contributed by atoms with Gasteiger partial charge >= 0.3 is 0 Å². The Hall–Kier alpha value is -1.90. The molecular weight excluding hydrogens is 186 g/mol. The molecule has 0 unspecified atom stereocenters. The minimum absolute atomic E-state index is 0.788. The molecule has 0 aliphatic rings. The topological polar surface area (TPSA) is 53.8 Å². The van der Waals surface area contributed by atoms with E-state index < -0.39 is 0 Å². The lowest BCUT2D eigenvalue weighted by Gasteiger charge is -2.09. The first-order chi connectivity index (χ1) is 7.25. The molecular formula is C12H15N3. The summed E-state index contributed by atoms with van der Waals surface area (Å²) in [4.78, 5) is 3.02. The van der Waals surface area contributed by atoms with Gasteiger partial charge in [0.25, 0.3) is 0 Å². The fourth-order valence-electron chi connectivity index (χ4n) is 1.49. The number of aromatic nitrogens is 1. The first kappa shape index (κ1) is 9.65. The van der Waals surface area contributed by atoms with E-state index in [-0.39, 0.29) is 0 Å². The maximum Gasteiger partial charge on any atom is 0.0579 e. The Bertz CT molecular complexity index is 432. The van der Waals surface area contributed by atoms with Crippen molar-refractivity contribution in [1.29, 1.82) is 0 Å².